The van der Waals surface area contributed by atoms with Crippen LogP contribution in [0.5, 0.6) is 0 Å². The molecule has 3 heterocycles. The van der Waals surface area contributed by atoms with Crippen LogP contribution in [-0.4, -0.2) is 57.2 Å². The highest BCUT2D eigenvalue weighted by atomic mass is 16.3. The molecule has 7 aliphatic rings. The molecule has 0 radical (unpaired) electrons. The summed E-state index contributed by atoms with van der Waals surface area (Å²) in [5.41, 5.74) is 3.28. The van der Waals surface area contributed by atoms with E-state index in [4.69, 9.17) is 0 Å². The Morgan fingerprint density at radius 3 is 2.39 bits per heavy atom. The molecule has 1 amide bonds. The summed E-state index contributed by atoms with van der Waals surface area (Å²) in [4.78, 5) is 20.4. The fourth-order valence-corrected chi connectivity index (χ4v) is 15.2. The normalized spacial score (nSPS) is 46.2. The number of carbonyl (C=O) groups is 1. The van der Waals surface area contributed by atoms with Crippen molar-refractivity contribution in [3.63, 3.8) is 0 Å². The average molecular weight is 672 g/mol. The molecule has 1 N–H and O–H groups in total. The van der Waals surface area contributed by atoms with Gasteiger partial charge in [0.15, 0.2) is 0 Å². The monoisotopic (exact) mass is 672 g/mol. The van der Waals surface area contributed by atoms with Gasteiger partial charge in [-0.05, 0) is 173 Å². The van der Waals surface area contributed by atoms with E-state index in [1.807, 2.05) is 0 Å². The number of aromatic nitrogens is 1. The number of likely N-dealkylation sites (tertiary alicyclic amines) is 2. The van der Waals surface area contributed by atoms with E-state index in [2.05, 4.69) is 80.8 Å². The van der Waals surface area contributed by atoms with E-state index in [1.54, 1.807) is 0 Å². The minimum atomic E-state index is -0.229. The molecule has 0 bridgehead atoms. The molecule has 2 aliphatic heterocycles. The van der Waals surface area contributed by atoms with Gasteiger partial charge in [-0.2, -0.15) is 0 Å². The van der Waals surface area contributed by atoms with Crippen LogP contribution in [0.2, 0.25) is 0 Å². The third-order valence-electron chi connectivity index (χ3n) is 18.0. The van der Waals surface area contributed by atoms with Crippen LogP contribution in [0.3, 0.4) is 0 Å². The Labute approximate surface area is 298 Å². The topological polar surface area (TPSA) is 48.7 Å². The van der Waals surface area contributed by atoms with Crippen LogP contribution in [0.25, 0.3) is 0 Å². The van der Waals surface area contributed by atoms with E-state index in [0.717, 1.165) is 58.2 Å². The van der Waals surface area contributed by atoms with E-state index in [9.17, 15) is 5.11 Å². The van der Waals surface area contributed by atoms with Crippen LogP contribution in [0.15, 0.2) is 30.5 Å². The summed E-state index contributed by atoms with van der Waals surface area (Å²) in [6.45, 7) is 25.0. The molecule has 2 saturated heterocycles. The molecule has 11 atom stereocenters. The molecule has 49 heavy (non-hydrogen) atoms. The van der Waals surface area contributed by atoms with Crippen LogP contribution in [0.4, 0.5) is 0 Å². The molecule has 5 saturated carbocycles. The van der Waals surface area contributed by atoms with Crippen LogP contribution in [0, 0.1) is 56.7 Å². The number of carbonyl (C=O) groups excluding carboxylic acids is 1. The molecule has 1 aromatic heterocycles. The maximum atomic E-state index is 15.4. The maximum absolute atomic E-state index is 15.4. The minimum Gasteiger partial charge on any atom is -0.393 e. The van der Waals surface area contributed by atoms with Crippen molar-refractivity contribution in [3.05, 3.63) is 36.2 Å². The summed E-state index contributed by atoms with van der Waals surface area (Å²) < 4.78 is 2.48. The van der Waals surface area contributed by atoms with Gasteiger partial charge in [0, 0.05) is 37.6 Å². The van der Waals surface area contributed by atoms with Crippen molar-refractivity contribution < 1.29 is 9.90 Å². The lowest BCUT2D eigenvalue weighted by Crippen LogP contribution is -2.67. The van der Waals surface area contributed by atoms with Gasteiger partial charge in [-0.1, -0.05) is 46.8 Å². The Morgan fingerprint density at radius 2 is 1.63 bits per heavy atom. The molecule has 5 nitrogen and oxygen atoms in total. The van der Waals surface area contributed by atoms with Gasteiger partial charge in [-0.25, -0.2) is 0 Å². The van der Waals surface area contributed by atoms with Gasteiger partial charge in [0.1, 0.15) is 0 Å². The number of rotatable bonds is 6. The third-order valence-corrected chi connectivity index (χ3v) is 18.0. The van der Waals surface area contributed by atoms with Crippen molar-refractivity contribution >= 4 is 5.91 Å². The van der Waals surface area contributed by atoms with Crippen LogP contribution >= 0.6 is 0 Å². The predicted molar refractivity (Wildman–Crippen MR) is 199 cm³/mol. The summed E-state index contributed by atoms with van der Waals surface area (Å²) >= 11 is 0. The third kappa shape index (κ3) is 4.92. The number of fused-ring (bicyclic) bond motifs is 7. The van der Waals surface area contributed by atoms with Crippen molar-refractivity contribution in [2.24, 2.45) is 56.7 Å². The first kappa shape index (κ1) is 34.5. The summed E-state index contributed by atoms with van der Waals surface area (Å²) in [5.74, 6) is 3.26. The Morgan fingerprint density at radius 1 is 0.857 bits per heavy atom. The van der Waals surface area contributed by atoms with Crippen molar-refractivity contribution in [3.8, 4) is 0 Å². The molecule has 2 unspecified atom stereocenters. The quantitative estimate of drug-likeness (QED) is 0.307. The Bertz CT molecular complexity index is 1440. The second-order valence-corrected chi connectivity index (χ2v) is 20.1. The van der Waals surface area contributed by atoms with Crippen molar-refractivity contribution in [1.82, 2.24) is 14.4 Å². The molecular formula is C44H69N3O2. The van der Waals surface area contributed by atoms with E-state index >= 15 is 4.79 Å². The fraction of sp³-hybridized carbons (Fsp3) is 0.841. The number of aliphatic hydroxyl groups excluding tert-OH is 1. The first-order valence-corrected chi connectivity index (χ1v) is 20.8. The molecule has 0 aromatic carbocycles. The smallest absolute Gasteiger partial charge is 0.229 e. The highest BCUT2D eigenvalue weighted by Gasteiger charge is 2.72. The summed E-state index contributed by atoms with van der Waals surface area (Å²) in [6, 6.07) is 4.84. The van der Waals surface area contributed by atoms with Gasteiger partial charge in [0.05, 0.1) is 11.5 Å². The molecule has 7 fully saturated rings. The zero-order chi connectivity index (χ0) is 34.6. The van der Waals surface area contributed by atoms with Gasteiger partial charge >= 0.3 is 0 Å². The lowest BCUT2D eigenvalue weighted by atomic mass is 9.32. The van der Waals surface area contributed by atoms with Gasteiger partial charge < -0.3 is 14.6 Å². The average Bonchev–Trinajstić information content (AvgIpc) is 3.88. The zero-order valence-electron chi connectivity index (χ0n) is 32.1. The van der Waals surface area contributed by atoms with E-state index in [0.29, 0.717) is 41.5 Å². The van der Waals surface area contributed by atoms with E-state index < -0.39 is 0 Å². The molecule has 0 spiro atoms. The van der Waals surface area contributed by atoms with Gasteiger partial charge in [0.2, 0.25) is 5.91 Å². The van der Waals surface area contributed by atoms with E-state index in [-0.39, 0.29) is 33.2 Å². The highest BCUT2D eigenvalue weighted by Crippen LogP contribution is 2.77. The van der Waals surface area contributed by atoms with Crippen molar-refractivity contribution in [2.45, 2.75) is 157 Å². The Balaban J connectivity index is 1.08. The number of allylic oxidation sites excluding steroid dienone is 1. The highest BCUT2D eigenvalue weighted by molar-refractivity contribution is 5.84. The number of hydrogen-bond donors (Lipinski definition) is 1. The number of hydrogen-bond acceptors (Lipinski definition) is 3. The Hall–Kier alpha value is -1.59. The van der Waals surface area contributed by atoms with Crippen molar-refractivity contribution in [1.29, 1.82) is 0 Å². The largest absolute Gasteiger partial charge is 0.393 e. The number of nitrogens with zero attached hydrogens (tertiary/aromatic N) is 3. The lowest BCUT2D eigenvalue weighted by Gasteiger charge is -2.73. The van der Waals surface area contributed by atoms with Crippen LogP contribution in [0.1, 0.15) is 137 Å². The maximum Gasteiger partial charge on any atom is 0.229 e. The van der Waals surface area contributed by atoms with Crippen molar-refractivity contribution in [2.75, 3.05) is 19.6 Å². The van der Waals surface area contributed by atoms with Gasteiger partial charge in [-0.15, -0.1) is 0 Å². The molecule has 5 aliphatic carbocycles. The first-order chi connectivity index (χ1) is 23.3. The van der Waals surface area contributed by atoms with E-state index in [1.165, 1.54) is 75.7 Å². The van der Waals surface area contributed by atoms with Crippen LogP contribution in [-0.2, 0) is 17.9 Å². The molecule has 8 rings (SSSR count). The minimum absolute atomic E-state index is 0.0153. The molecule has 5 heteroatoms. The number of aliphatic hydroxyl groups is 1. The SMILES string of the molecule is C=C(C)[C@@H]1CCC2(C(=O)N3CCC[C@H]3Cn3cccc3CN3CCCC3)CC[C@]3(C)C(CC[C@@H]4[C@@]5(C)CC[C@H](O)C(C)(C)[C@@H]5CC[C@]43C)[C@@H]12. The fourth-order valence-electron chi connectivity index (χ4n) is 15.2. The standard InChI is InChI=1S/C44H69N3O2/c1-30(2)33-16-21-44(39(49)47-27-11-13-32(47)29-46-26-10-12-31(46)28-45-24-8-9-25-45)23-22-42(6)34(38(33)44)14-15-36-41(5)19-18-37(48)40(3,4)35(41)17-20-43(36,42)7/h10,12,26,32-38,48H,1,8-9,11,13-25,27-29H2,2-7H3/t32-,33-,34?,35-,36+,37-,38+,41-,42+,43+,44?/m0/s1. The molecular weight excluding hydrogens is 603 g/mol. The number of amides is 1. The second kappa shape index (κ2) is 12.0. The Kier molecular flexibility index (Phi) is 8.43. The van der Waals surface area contributed by atoms with Crippen LogP contribution < -0.4 is 0 Å². The first-order valence-electron chi connectivity index (χ1n) is 20.8. The summed E-state index contributed by atoms with van der Waals surface area (Å²) in [5, 5.41) is 11.2. The zero-order valence-corrected chi connectivity index (χ0v) is 32.1. The van der Waals surface area contributed by atoms with Gasteiger partial charge in [-0.3, -0.25) is 9.69 Å². The summed E-state index contributed by atoms with van der Waals surface area (Å²) in [6.07, 6.45) is 18.6. The van der Waals surface area contributed by atoms with Gasteiger partial charge in [0.25, 0.3) is 0 Å². The molecule has 1 aromatic rings. The molecule has 272 valence electrons. The lowest BCUT2D eigenvalue weighted by molar-refractivity contribution is -0.247. The second-order valence-electron chi connectivity index (χ2n) is 20.1. The summed E-state index contributed by atoms with van der Waals surface area (Å²) in [7, 11) is 0. The predicted octanol–water partition coefficient (Wildman–Crippen LogP) is 9.09.